The van der Waals surface area contributed by atoms with E-state index >= 15 is 0 Å². The monoisotopic (exact) mass is 394 g/mol. The van der Waals surface area contributed by atoms with Crippen LogP contribution >= 0.6 is 0 Å². The molecule has 0 aliphatic heterocycles. The summed E-state index contributed by atoms with van der Waals surface area (Å²) in [4.78, 5) is 24.0. The van der Waals surface area contributed by atoms with Crippen LogP contribution < -0.4 is 20.1 Å². The van der Waals surface area contributed by atoms with Crippen molar-refractivity contribution in [3.05, 3.63) is 77.9 Å². The van der Waals surface area contributed by atoms with Gasteiger partial charge in [0.25, 0.3) is 5.91 Å². The van der Waals surface area contributed by atoms with Crippen molar-refractivity contribution in [2.45, 2.75) is 13.5 Å². The molecule has 0 heterocycles. The maximum Gasteiger partial charge on any atom is 0.251 e. The summed E-state index contributed by atoms with van der Waals surface area (Å²) in [6.45, 7) is 6.76. The van der Waals surface area contributed by atoms with E-state index in [9.17, 15) is 9.59 Å². The molecule has 0 spiro atoms. The van der Waals surface area contributed by atoms with E-state index < -0.39 is 0 Å². The molecule has 2 aromatic carbocycles. The predicted octanol–water partition coefficient (Wildman–Crippen LogP) is 3.34. The van der Waals surface area contributed by atoms with Crippen molar-refractivity contribution in [3.8, 4) is 11.5 Å². The molecule has 29 heavy (non-hydrogen) atoms. The lowest BCUT2D eigenvalue weighted by Gasteiger charge is -2.09. The van der Waals surface area contributed by atoms with Gasteiger partial charge in [0.2, 0.25) is 5.91 Å². The Morgan fingerprint density at radius 1 is 1.10 bits per heavy atom. The number of amides is 2. The van der Waals surface area contributed by atoms with E-state index in [4.69, 9.17) is 9.47 Å². The third-order valence-electron chi connectivity index (χ3n) is 3.96. The third-order valence-corrected chi connectivity index (χ3v) is 3.96. The van der Waals surface area contributed by atoms with Gasteiger partial charge < -0.3 is 20.1 Å². The predicted molar refractivity (Wildman–Crippen MR) is 114 cm³/mol. The Morgan fingerprint density at radius 2 is 1.93 bits per heavy atom. The third kappa shape index (κ3) is 6.84. The van der Waals surface area contributed by atoms with Crippen LogP contribution in [0.15, 0.2) is 61.2 Å². The molecule has 2 rings (SSSR count). The molecule has 0 saturated heterocycles. The second kappa shape index (κ2) is 11.3. The molecule has 2 aromatic rings. The van der Waals surface area contributed by atoms with Gasteiger partial charge in [-0.15, -0.1) is 0 Å². The summed E-state index contributed by atoms with van der Waals surface area (Å²) < 4.78 is 10.8. The van der Waals surface area contributed by atoms with Gasteiger partial charge in [0.15, 0.2) is 11.5 Å². The molecule has 6 nitrogen and oxygen atoms in total. The Kier molecular flexibility index (Phi) is 8.51. The van der Waals surface area contributed by atoms with Crippen molar-refractivity contribution in [2.24, 2.45) is 0 Å². The number of carbonyl (C=O) groups is 2. The lowest BCUT2D eigenvalue weighted by molar-refractivity contribution is -0.116. The van der Waals surface area contributed by atoms with Gasteiger partial charge in [-0.1, -0.05) is 30.9 Å². The second-order valence-corrected chi connectivity index (χ2v) is 6.12. The molecule has 0 aliphatic carbocycles. The molecule has 0 saturated carbocycles. The Labute approximate surface area is 171 Å². The van der Waals surface area contributed by atoms with E-state index in [1.165, 1.54) is 6.08 Å². The maximum atomic E-state index is 12.1. The Balaban J connectivity index is 1.95. The highest BCUT2D eigenvalue weighted by molar-refractivity contribution is 5.94. The van der Waals surface area contributed by atoms with Crippen LogP contribution in [-0.4, -0.2) is 32.1 Å². The van der Waals surface area contributed by atoms with Gasteiger partial charge in [0.05, 0.1) is 7.11 Å². The van der Waals surface area contributed by atoms with Gasteiger partial charge in [-0.3, -0.25) is 9.59 Å². The lowest BCUT2D eigenvalue weighted by atomic mass is 10.1. The van der Waals surface area contributed by atoms with E-state index in [1.807, 2.05) is 19.1 Å². The summed E-state index contributed by atoms with van der Waals surface area (Å²) >= 11 is 0. The fourth-order valence-corrected chi connectivity index (χ4v) is 2.56. The zero-order valence-electron chi connectivity index (χ0n) is 16.7. The van der Waals surface area contributed by atoms with Crippen molar-refractivity contribution in [2.75, 3.05) is 20.3 Å². The first-order valence-electron chi connectivity index (χ1n) is 9.32. The summed E-state index contributed by atoms with van der Waals surface area (Å²) in [7, 11) is 1.56. The minimum absolute atomic E-state index is 0.130. The van der Waals surface area contributed by atoms with Crippen LogP contribution in [-0.2, 0) is 11.3 Å². The summed E-state index contributed by atoms with van der Waals surface area (Å²) in [6, 6.07) is 12.6. The molecule has 2 amide bonds. The summed E-state index contributed by atoms with van der Waals surface area (Å²) in [5, 5.41) is 5.57. The minimum Gasteiger partial charge on any atom is -0.493 e. The molecule has 0 radical (unpaired) electrons. The summed E-state index contributed by atoms with van der Waals surface area (Å²) in [5.74, 6) is 0.826. The van der Waals surface area contributed by atoms with Crippen molar-refractivity contribution in [3.63, 3.8) is 0 Å². The zero-order chi connectivity index (χ0) is 21.1. The SMILES string of the molecule is C=CCOc1ccc(/C=C/C(=O)NCc2cccc(C(=O)NCC)c2)cc1OC. The summed E-state index contributed by atoms with van der Waals surface area (Å²) in [6.07, 6.45) is 4.80. The molecule has 2 N–H and O–H groups in total. The molecule has 0 bridgehead atoms. The molecule has 0 fully saturated rings. The fraction of sp³-hybridized carbons (Fsp3) is 0.217. The van der Waals surface area contributed by atoms with E-state index in [0.717, 1.165) is 11.1 Å². The molecule has 0 atom stereocenters. The van der Waals surface area contributed by atoms with Crippen molar-refractivity contribution in [1.29, 1.82) is 0 Å². The normalized spacial score (nSPS) is 10.4. The van der Waals surface area contributed by atoms with Gasteiger partial charge >= 0.3 is 0 Å². The Hall–Kier alpha value is -3.54. The molecule has 6 heteroatoms. The van der Waals surface area contributed by atoms with E-state index in [-0.39, 0.29) is 11.8 Å². The van der Waals surface area contributed by atoms with Crippen LogP contribution in [0.4, 0.5) is 0 Å². The molecule has 0 aromatic heterocycles. The van der Waals surface area contributed by atoms with Crippen LogP contribution in [0.3, 0.4) is 0 Å². The first kappa shape index (κ1) is 21.8. The first-order chi connectivity index (χ1) is 14.1. The average molecular weight is 394 g/mol. The number of methoxy groups -OCH3 is 1. The minimum atomic E-state index is -0.237. The number of rotatable bonds is 10. The van der Waals surface area contributed by atoms with Gasteiger partial charge in [-0.2, -0.15) is 0 Å². The van der Waals surface area contributed by atoms with Crippen molar-refractivity contribution >= 4 is 17.9 Å². The molecular weight excluding hydrogens is 368 g/mol. The highest BCUT2D eigenvalue weighted by atomic mass is 16.5. The van der Waals surface area contributed by atoms with Crippen molar-refractivity contribution < 1.29 is 19.1 Å². The zero-order valence-corrected chi connectivity index (χ0v) is 16.7. The molecule has 0 unspecified atom stereocenters. The average Bonchev–Trinajstić information content (AvgIpc) is 2.75. The van der Waals surface area contributed by atoms with Crippen LogP contribution in [0, 0.1) is 0 Å². The van der Waals surface area contributed by atoms with Gasteiger partial charge in [-0.05, 0) is 48.4 Å². The standard InChI is InChI=1S/C23H26N2O4/c1-4-13-29-20-11-9-17(15-21(20)28-3)10-12-22(26)25-16-18-7-6-8-19(14-18)23(27)24-5-2/h4,6-12,14-15H,1,5,13,16H2,2-3H3,(H,24,27)(H,25,26)/b12-10+. The maximum absolute atomic E-state index is 12.1. The molecule has 152 valence electrons. The number of benzene rings is 2. The highest BCUT2D eigenvalue weighted by Crippen LogP contribution is 2.28. The van der Waals surface area contributed by atoms with Gasteiger partial charge in [-0.25, -0.2) is 0 Å². The number of ether oxygens (including phenoxy) is 2. The Morgan fingerprint density at radius 3 is 2.66 bits per heavy atom. The number of nitrogens with one attached hydrogen (secondary N) is 2. The van der Waals surface area contributed by atoms with E-state index in [1.54, 1.807) is 49.6 Å². The van der Waals surface area contributed by atoms with Gasteiger partial charge in [0.1, 0.15) is 6.61 Å². The van der Waals surface area contributed by atoms with Crippen LogP contribution in [0.5, 0.6) is 11.5 Å². The lowest BCUT2D eigenvalue weighted by Crippen LogP contribution is -2.23. The largest absolute Gasteiger partial charge is 0.493 e. The van der Waals surface area contributed by atoms with E-state index in [0.29, 0.717) is 36.8 Å². The smallest absolute Gasteiger partial charge is 0.251 e. The number of carbonyl (C=O) groups excluding carboxylic acids is 2. The molecular formula is C23H26N2O4. The number of hydrogen-bond acceptors (Lipinski definition) is 4. The van der Waals surface area contributed by atoms with Crippen LogP contribution in [0.25, 0.3) is 6.08 Å². The fourth-order valence-electron chi connectivity index (χ4n) is 2.56. The van der Waals surface area contributed by atoms with Crippen molar-refractivity contribution in [1.82, 2.24) is 10.6 Å². The quantitative estimate of drug-likeness (QED) is 0.479. The van der Waals surface area contributed by atoms with E-state index in [2.05, 4.69) is 17.2 Å². The number of hydrogen-bond donors (Lipinski definition) is 2. The van der Waals surface area contributed by atoms with Gasteiger partial charge in [0, 0.05) is 24.7 Å². The second-order valence-electron chi connectivity index (χ2n) is 6.12. The topological polar surface area (TPSA) is 76.7 Å². The Bertz CT molecular complexity index is 890. The van der Waals surface area contributed by atoms with Crippen LogP contribution in [0.2, 0.25) is 0 Å². The molecule has 0 aliphatic rings. The highest BCUT2D eigenvalue weighted by Gasteiger charge is 2.06. The van der Waals surface area contributed by atoms with Crippen LogP contribution in [0.1, 0.15) is 28.4 Å². The first-order valence-corrected chi connectivity index (χ1v) is 9.32. The summed E-state index contributed by atoms with van der Waals surface area (Å²) in [5.41, 5.74) is 2.22.